The quantitative estimate of drug-likeness (QED) is 0.769. The molecule has 0 fully saturated rings. The van der Waals surface area contributed by atoms with Crippen LogP contribution in [0.25, 0.3) is 0 Å². The Bertz CT molecular complexity index is 552. The molecule has 1 N–H and O–H groups in total. The van der Waals surface area contributed by atoms with Crippen LogP contribution in [0.4, 0.5) is 0 Å². The van der Waals surface area contributed by atoms with E-state index in [1.165, 1.54) is 4.88 Å². The zero-order chi connectivity index (χ0) is 14.4. The Morgan fingerprint density at radius 3 is 2.60 bits per heavy atom. The van der Waals surface area contributed by atoms with E-state index >= 15 is 0 Å². The lowest BCUT2D eigenvalue weighted by molar-refractivity contribution is -0.123. The summed E-state index contributed by atoms with van der Waals surface area (Å²) in [5.74, 6) is 0.519. The van der Waals surface area contributed by atoms with Gasteiger partial charge in [-0.15, -0.1) is 11.3 Å². The minimum absolute atomic E-state index is 0.00561. The molecule has 0 aliphatic rings. The first-order valence-electron chi connectivity index (χ1n) is 6.02. The van der Waals surface area contributed by atoms with Crippen LogP contribution in [0.1, 0.15) is 4.88 Å². The van der Waals surface area contributed by atoms with Gasteiger partial charge in [0.2, 0.25) is 0 Å². The van der Waals surface area contributed by atoms with Gasteiger partial charge in [-0.25, -0.2) is 0 Å². The number of nitrogens with one attached hydrogen (secondary N) is 1. The summed E-state index contributed by atoms with van der Waals surface area (Å²) in [5.41, 5.74) is 0. The van der Waals surface area contributed by atoms with E-state index in [1.807, 2.05) is 29.6 Å². The van der Waals surface area contributed by atoms with Crippen molar-refractivity contribution in [2.45, 2.75) is 6.42 Å². The molecule has 3 nitrogen and oxygen atoms in total. The molecule has 0 atom stereocenters. The lowest BCUT2D eigenvalue weighted by Gasteiger charge is -2.10. The molecule has 106 valence electrons. The second-order valence-electron chi connectivity index (χ2n) is 4.02. The number of thiophene rings is 1. The van der Waals surface area contributed by atoms with Crippen LogP contribution in [-0.4, -0.2) is 19.1 Å². The molecule has 0 spiro atoms. The first kappa shape index (κ1) is 15.5. The van der Waals surface area contributed by atoms with Crippen molar-refractivity contribution in [2.24, 2.45) is 0 Å². The van der Waals surface area contributed by atoms with Crippen molar-refractivity contribution in [3.05, 3.63) is 49.5 Å². The summed E-state index contributed by atoms with van der Waals surface area (Å²) >= 11 is 8.48. The van der Waals surface area contributed by atoms with Gasteiger partial charge in [-0.2, -0.15) is 0 Å². The highest BCUT2D eigenvalue weighted by molar-refractivity contribution is 9.11. The summed E-state index contributed by atoms with van der Waals surface area (Å²) in [5, 5.41) is 4.87. The Hall–Kier alpha value is -0.850. The molecule has 2 aromatic rings. The van der Waals surface area contributed by atoms with E-state index < -0.39 is 0 Å². The van der Waals surface area contributed by atoms with Gasteiger partial charge in [-0.1, -0.05) is 12.1 Å². The van der Waals surface area contributed by atoms with Crippen molar-refractivity contribution in [3.8, 4) is 5.75 Å². The topological polar surface area (TPSA) is 38.3 Å². The lowest BCUT2D eigenvalue weighted by Crippen LogP contribution is -2.30. The van der Waals surface area contributed by atoms with Gasteiger partial charge in [-0.05, 0) is 61.9 Å². The molecule has 0 bridgehead atoms. The molecule has 1 aromatic carbocycles. The molecule has 1 heterocycles. The number of hydrogen-bond acceptors (Lipinski definition) is 3. The van der Waals surface area contributed by atoms with E-state index in [-0.39, 0.29) is 12.5 Å². The molecule has 0 saturated carbocycles. The highest BCUT2D eigenvalue weighted by Gasteiger charge is 2.08. The van der Waals surface area contributed by atoms with Gasteiger partial charge in [-0.3, -0.25) is 4.79 Å². The third kappa shape index (κ3) is 4.61. The van der Waals surface area contributed by atoms with Crippen LogP contribution in [-0.2, 0) is 11.2 Å². The highest BCUT2D eigenvalue weighted by atomic mass is 79.9. The molecule has 0 radical (unpaired) electrons. The van der Waals surface area contributed by atoms with Gasteiger partial charge in [0.05, 0.1) is 8.95 Å². The summed E-state index contributed by atoms with van der Waals surface area (Å²) in [6.45, 7) is 0.630. The van der Waals surface area contributed by atoms with Gasteiger partial charge in [0.1, 0.15) is 5.75 Å². The molecule has 1 aromatic heterocycles. The number of para-hydroxylation sites is 1. The Balaban J connectivity index is 1.75. The SMILES string of the molecule is O=C(COc1c(Br)cccc1Br)NCCc1cccs1. The van der Waals surface area contributed by atoms with Crippen LogP contribution >= 0.6 is 43.2 Å². The molecule has 0 unspecified atom stereocenters. The first-order chi connectivity index (χ1) is 9.66. The van der Waals surface area contributed by atoms with Crippen molar-refractivity contribution >= 4 is 49.1 Å². The number of rotatable bonds is 6. The van der Waals surface area contributed by atoms with Crippen molar-refractivity contribution in [1.82, 2.24) is 5.32 Å². The fraction of sp³-hybridized carbons (Fsp3) is 0.214. The fourth-order valence-electron chi connectivity index (χ4n) is 1.59. The summed E-state index contributed by atoms with van der Waals surface area (Å²) in [4.78, 5) is 13.0. The van der Waals surface area contributed by atoms with Crippen LogP contribution in [0.15, 0.2) is 44.7 Å². The predicted octanol–water partition coefficient (Wildman–Crippen LogP) is 4.01. The fourth-order valence-corrected chi connectivity index (χ4v) is 3.53. The second-order valence-corrected chi connectivity index (χ2v) is 6.76. The summed E-state index contributed by atoms with van der Waals surface area (Å²) < 4.78 is 7.15. The molecule has 0 aliphatic heterocycles. The average molecular weight is 419 g/mol. The number of benzene rings is 1. The lowest BCUT2D eigenvalue weighted by atomic mass is 10.3. The largest absolute Gasteiger partial charge is 0.481 e. The Labute approximate surface area is 138 Å². The van der Waals surface area contributed by atoms with Gasteiger partial charge in [0, 0.05) is 11.4 Å². The number of carbonyl (C=O) groups is 1. The minimum Gasteiger partial charge on any atom is -0.481 e. The normalized spacial score (nSPS) is 10.3. The Morgan fingerprint density at radius 1 is 1.20 bits per heavy atom. The smallest absolute Gasteiger partial charge is 0.257 e. The van der Waals surface area contributed by atoms with E-state index in [1.54, 1.807) is 11.3 Å². The van der Waals surface area contributed by atoms with Crippen LogP contribution in [0, 0.1) is 0 Å². The third-order valence-electron chi connectivity index (χ3n) is 2.54. The van der Waals surface area contributed by atoms with Crippen molar-refractivity contribution in [3.63, 3.8) is 0 Å². The average Bonchev–Trinajstić information content (AvgIpc) is 2.91. The van der Waals surface area contributed by atoms with E-state index in [2.05, 4.69) is 43.2 Å². The highest BCUT2D eigenvalue weighted by Crippen LogP contribution is 2.32. The van der Waals surface area contributed by atoms with Gasteiger partial charge in [0.15, 0.2) is 6.61 Å². The van der Waals surface area contributed by atoms with Crippen molar-refractivity contribution < 1.29 is 9.53 Å². The summed E-state index contributed by atoms with van der Waals surface area (Å²) in [6.07, 6.45) is 0.849. The van der Waals surface area contributed by atoms with Gasteiger partial charge >= 0.3 is 0 Å². The Kier molecular flexibility index (Phi) is 6.06. The van der Waals surface area contributed by atoms with E-state index in [0.717, 1.165) is 15.4 Å². The van der Waals surface area contributed by atoms with E-state index in [0.29, 0.717) is 12.3 Å². The summed E-state index contributed by atoms with van der Waals surface area (Å²) in [7, 11) is 0. The summed E-state index contributed by atoms with van der Waals surface area (Å²) in [6, 6.07) is 9.70. The van der Waals surface area contributed by atoms with Gasteiger partial charge in [0.25, 0.3) is 5.91 Å². The van der Waals surface area contributed by atoms with Crippen LogP contribution < -0.4 is 10.1 Å². The van der Waals surface area contributed by atoms with Crippen LogP contribution in [0.5, 0.6) is 5.75 Å². The molecule has 2 rings (SSSR count). The molecule has 0 saturated heterocycles. The van der Waals surface area contributed by atoms with Crippen LogP contribution in [0.2, 0.25) is 0 Å². The van der Waals surface area contributed by atoms with E-state index in [9.17, 15) is 4.79 Å². The maximum atomic E-state index is 11.7. The second kappa shape index (κ2) is 7.81. The van der Waals surface area contributed by atoms with Crippen molar-refractivity contribution in [1.29, 1.82) is 0 Å². The standard InChI is InChI=1S/C14H13Br2NO2S/c15-11-4-1-5-12(16)14(11)19-9-13(18)17-7-6-10-3-2-8-20-10/h1-5,8H,6-7,9H2,(H,17,18). The number of ether oxygens (including phenoxy) is 1. The zero-order valence-electron chi connectivity index (χ0n) is 10.6. The minimum atomic E-state index is -0.121. The number of amides is 1. The van der Waals surface area contributed by atoms with E-state index in [4.69, 9.17) is 4.74 Å². The molecule has 1 amide bonds. The number of halogens is 2. The van der Waals surface area contributed by atoms with Crippen molar-refractivity contribution in [2.75, 3.05) is 13.2 Å². The number of hydrogen-bond donors (Lipinski definition) is 1. The maximum absolute atomic E-state index is 11.7. The predicted molar refractivity (Wildman–Crippen MR) is 88.4 cm³/mol. The number of carbonyl (C=O) groups excluding carboxylic acids is 1. The Morgan fingerprint density at radius 2 is 1.95 bits per heavy atom. The maximum Gasteiger partial charge on any atom is 0.257 e. The first-order valence-corrected chi connectivity index (χ1v) is 8.49. The molecule has 0 aliphatic carbocycles. The molecule has 20 heavy (non-hydrogen) atoms. The zero-order valence-corrected chi connectivity index (χ0v) is 14.6. The molecule has 6 heteroatoms. The molecular weight excluding hydrogens is 406 g/mol. The monoisotopic (exact) mass is 417 g/mol. The van der Waals surface area contributed by atoms with Crippen LogP contribution in [0.3, 0.4) is 0 Å². The molecular formula is C14H13Br2NO2S. The van der Waals surface area contributed by atoms with Gasteiger partial charge < -0.3 is 10.1 Å². The third-order valence-corrected chi connectivity index (χ3v) is 4.73.